The quantitative estimate of drug-likeness (QED) is 0.595. The third-order valence-electron chi connectivity index (χ3n) is 5.86. The molecule has 1 aliphatic rings. The van der Waals surface area contributed by atoms with Crippen molar-refractivity contribution in [2.75, 3.05) is 11.4 Å². The summed E-state index contributed by atoms with van der Waals surface area (Å²) in [5, 5.41) is 0. The Kier molecular flexibility index (Phi) is 5.55. The maximum atomic E-state index is 13.8. The van der Waals surface area contributed by atoms with Gasteiger partial charge in [0.1, 0.15) is 11.4 Å². The molecule has 0 unspecified atom stereocenters. The molecular formula is C26H25FN2O3. The summed E-state index contributed by atoms with van der Waals surface area (Å²) >= 11 is 0. The van der Waals surface area contributed by atoms with Crippen LogP contribution in [0, 0.1) is 11.2 Å². The van der Waals surface area contributed by atoms with E-state index < -0.39 is 17.3 Å². The summed E-state index contributed by atoms with van der Waals surface area (Å²) < 4.78 is 14.7. The lowest BCUT2D eigenvalue weighted by Crippen LogP contribution is -2.41. The third-order valence-corrected chi connectivity index (χ3v) is 5.86. The summed E-state index contributed by atoms with van der Waals surface area (Å²) in [7, 11) is 0. The van der Waals surface area contributed by atoms with Crippen molar-refractivity contribution in [1.82, 2.24) is 4.57 Å². The molecule has 0 bridgehead atoms. The van der Waals surface area contributed by atoms with Crippen molar-refractivity contribution in [3.8, 4) is 5.69 Å². The van der Waals surface area contributed by atoms with Gasteiger partial charge in [0, 0.05) is 36.1 Å². The molecule has 0 saturated carbocycles. The number of pyridine rings is 1. The van der Waals surface area contributed by atoms with Gasteiger partial charge in [-0.2, -0.15) is 0 Å². The minimum atomic E-state index is -0.514. The van der Waals surface area contributed by atoms with Crippen LogP contribution in [0.4, 0.5) is 10.1 Å². The van der Waals surface area contributed by atoms with Crippen LogP contribution in [0.1, 0.15) is 53.5 Å². The van der Waals surface area contributed by atoms with Gasteiger partial charge in [-0.3, -0.25) is 19.0 Å². The summed E-state index contributed by atoms with van der Waals surface area (Å²) in [4.78, 5) is 42.0. The normalized spacial score (nSPS) is 14.7. The van der Waals surface area contributed by atoms with E-state index in [1.54, 1.807) is 0 Å². The molecule has 1 heterocycles. The first-order valence-electron chi connectivity index (χ1n) is 10.7. The van der Waals surface area contributed by atoms with Gasteiger partial charge < -0.3 is 4.90 Å². The molecule has 32 heavy (non-hydrogen) atoms. The van der Waals surface area contributed by atoms with Crippen LogP contribution in [0.25, 0.3) is 5.69 Å². The fraction of sp³-hybridized carbons (Fsp3) is 0.269. The maximum absolute atomic E-state index is 13.8. The Labute approximate surface area is 186 Å². The molecule has 1 aliphatic carbocycles. The Morgan fingerprint density at radius 2 is 1.69 bits per heavy atom. The van der Waals surface area contributed by atoms with Crippen molar-refractivity contribution in [1.29, 1.82) is 0 Å². The van der Waals surface area contributed by atoms with E-state index in [-0.39, 0.29) is 16.8 Å². The first-order valence-corrected chi connectivity index (χ1v) is 10.7. The van der Waals surface area contributed by atoms with Crippen molar-refractivity contribution in [2.24, 2.45) is 5.41 Å². The smallest absolute Gasteiger partial charge is 0.268 e. The average Bonchev–Trinajstić information content (AvgIpc) is 2.75. The number of amides is 1. The van der Waals surface area contributed by atoms with Gasteiger partial charge in [0.15, 0.2) is 5.78 Å². The molecule has 4 rings (SSSR count). The SMILES string of the molecule is CCN(C(=O)c1c2c(cn(-c3ccc(F)cc3)c1=O)C(=O)CC(C)(C)C2)c1ccccc1. The maximum Gasteiger partial charge on any atom is 0.268 e. The highest BCUT2D eigenvalue weighted by Gasteiger charge is 2.37. The number of rotatable bonds is 4. The van der Waals surface area contributed by atoms with E-state index in [4.69, 9.17) is 0 Å². The number of carbonyl (C=O) groups is 2. The monoisotopic (exact) mass is 432 g/mol. The predicted molar refractivity (Wildman–Crippen MR) is 122 cm³/mol. The van der Waals surface area contributed by atoms with Gasteiger partial charge >= 0.3 is 0 Å². The molecule has 5 nitrogen and oxygen atoms in total. The predicted octanol–water partition coefficient (Wildman–Crippen LogP) is 4.80. The van der Waals surface area contributed by atoms with Gasteiger partial charge in [-0.1, -0.05) is 32.0 Å². The lowest BCUT2D eigenvalue weighted by atomic mass is 9.73. The van der Waals surface area contributed by atoms with Crippen molar-refractivity contribution >= 4 is 17.4 Å². The highest BCUT2D eigenvalue weighted by molar-refractivity contribution is 6.09. The summed E-state index contributed by atoms with van der Waals surface area (Å²) in [5.74, 6) is -0.985. The van der Waals surface area contributed by atoms with E-state index >= 15 is 0 Å². The zero-order chi connectivity index (χ0) is 23.0. The number of Topliss-reactive ketones (excluding diaryl/α,β-unsaturated/α-hetero) is 1. The molecule has 164 valence electrons. The largest absolute Gasteiger partial charge is 0.308 e. The molecule has 6 heteroatoms. The van der Waals surface area contributed by atoms with E-state index in [1.165, 1.54) is 39.9 Å². The molecular weight excluding hydrogens is 407 g/mol. The summed E-state index contributed by atoms with van der Waals surface area (Å²) in [6.45, 7) is 6.12. The first kappa shape index (κ1) is 21.7. The summed E-state index contributed by atoms with van der Waals surface area (Å²) in [6.07, 6.45) is 2.27. The standard InChI is InChI=1S/C26H25FN2O3/c1-4-28(18-8-6-5-7-9-18)24(31)23-20-14-26(2,3)15-22(30)21(20)16-29(25(23)32)19-12-10-17(27)11-13-19/h5-13,16H,4,14-15H2,1-3H3. The van der Waals surface area contributed by atoms with Crippen LogP contribution in [-0.2, 0) is 6.42 Å². The van der Waals surface area contributed by atoms with Gasteiger partial charge in [0.25, 0.3) is 11.5 Å². The van der Waals surface area contributed by atoms with Crippen LogP contribution >= 0.6 is 0 Å². The molecule has 0 N–H and O–H groups in total. The third kappa shape index (κ3) is 3.88. The molecule has 0 atom stereocenters. The number of ketones is 1. The fourth-order valence-electron chi connectivity index (χ4n) is 4.35. The number of fused-ring (bicyclic) bond motifs is 1. The fourth-order valence-corrected chi connectivity index (χ4v) is 4.35. The van der Waals surface area contributed by atoms with Gasteiger partial charge in [0.05, 0.1) is 0 Å². The second kappa shape index (κ2) is 8.19. The van der Waals surface area contributed by atoms with Crippen molar-refractivity contribution < 1.29 is 14.0 Å². The highest BCUT2D eigenvalue weighted by Crippen LogP contribution is 2.36. The number of nitrogens with zero attached hydrogens (tertiary/aromatic N) is 2. The Bertz CT molecular complexity index is 1240. The Hall–Kier alpha value is -3.54. The molecule has 0 aliphatic heterocycles. The number of carbonyl (C=O) groups excluding carboxylic acids is 2. The van der Waals surface area contributed by atoms with Gasteiger partial charge in [-0.15, -0.1) is 0 Å². The Balaban J connectivity index is 1.97. The molecule has 2 aromatic carbocycles. The molecule has 1 aromatic heterocycles. The van der Waals surface area contributed by atoms with E-state index in [0.29, 0.717) is 41.9 Å². The Morgan fingerprint density at radius 1 is 1.03 bits per heavy atom. The minimum absolute atomic E-state index is 0.00125. The second-order valence-corrected chi connectivity index (χ2v) is 8.87. The summed E-state index contributed by atoms with van der Waals surface area (Å²) in [6, 6.07) is 14.5. The van der Waals surface area contributed by atoms with Gasteiger partial charge in [0.2, 0.25) is 0 Å². The van der Waals surface area contributed by atoms with E-state index in [1.807, 2.05) is 51.1 Å². The van der Waals surface area contributed by atoms with E-state index in [9.17, 15) is 18.8 Å². The van der Waals surface area contributed by atoms with Crippen LogP contribution in [0.15, 0.2) is 65.6 Å². The number of hydrogen-bond acceptors (Lipinski definition) is 3. The number of anilines is 1. The summed E-state index contributed by atoms with van der Waals surface area (Å²) in [5.41, 5.74) is 1.06. The molecule has 0 radical (unpaired) electrons. The number of benzene rings is 2. The lowest BCUT2D eigenvalue weighted by Gasteiger charge is -2.32. The number of hydrogen-bond donors (Lipinski definition) is 0. The molecule has 1 amide bonds. The van der Waals surface area contributed by atoms with Gasteiger partial charge in [-0.25, -0.2) is 4.39 Å². The average molecular weight is 432 g/mol. The van der Waals surface area contributed by atoms with Crippen LogP contribution in [-0.4, -0.2) is 22.8 Å². The lowest BCUT2D eigenvalue weighted by molar-refractivity contribution is 0.0910. The molecule has 0 fully saturated rings. The highest BCUT2D eigenvalue weighted by atomic mass is 19.1. The zero-order valence-corrected chi connectivity index (χ0v) is 18.4. The molecule has 0 spiro atoms. The van der Waals surface area contributed by atoms with Crippen molar-refractivity contribution in [3.63, 3.8) is 0 Å². The van der Waals surface area contributed by atoms with Crippen molar-refractivity contribution in [3.05, 3.63) is 93.7 Å². The van der Waals surface area contributed by atoms with Crippen LogP contribution in [0.3, 0.4) is 0 Å². The van der Waals surface area contributed by atoms with Crippen molar-refractivity contribution in [2.45, 2.75) is 33.6 Å². The zero-order valence-electron chi connectivity index (χ0n) is 18.4. The molecule has 0 saturated heterocycles. The Morgan fingerprint density at radius 3 is 2.31 bits per heavy atom. The van der Waals surface area contributed by atoms with E-state index in [2.05, 4.69) is 0 Å². The second-order valence-electron chi connectivity index (χ2n) is 8.87. The topological polar surface area (TPSA) is 59.4 Å². The van der Waals surface area contributed by atoms with E-state index in [0.717, 1.165) is 0 Å². The number of para-hydroxylation sites is 1. The van der Waals surface area contributed by atoms with Crippen LogP contribution in [0.2, 0.25) is 0 Å². The first-order chi connectivity index (χ1) is 15.2. The van der Waals surface area contributed by atoms with Crippen LogP contribution in [0.5, 0.6) is 0 Å². The number of aromatic nitrogens is 1. The molecule has 3 aromatic rings. The van der Waals surface area contributed by atoms with Crippen LogP contribution < -0.4 is 10.5 Å². The minimum Gasteiger partial charge on any atom is -0.308 e. The van der Waals surface area contributed by atoms with Gasteiger partial charge in [-0.05, 0) is 60.7 Å². The number of halogens is 1.